The number of nitrogens with zero attached hydrogens (tertiary/aromatic N) is 5. The molecule has 0 spiro atoms. The zero-order chi connectivity index (χ0) is 19.9. The molecule has 0 atom stereocenters. The normalized spacial score (nSPS) is 11.3. The quantitative estimate of drug-likeness (QED) is 0.396. The highest BCUT2D eigenvalue weighted by Gasteiger charge is 2.08. The van der Waals surface area contributed by atoms with Gasteiger partial charge in [0, 0.05) is 28.7 Å². The fourth-order valence-corrected chi connectivity index (χ4v) is 3.63. The van der Waals surface area contributed by atoms with Crippen LogP contribution < -0.4 is 0 Å². The molecule has 2 aromatic carbocycles. The van der Waals surface area contributed by atoms with Gasteiger partial charge in [0.05, 0.1) is 28.6 Å². The second kappa shape index (κ2) is 6.67. The molecule has 4 heterocycles. The highest BCUT2D eigenvalue weighted by atomic mass is 14.9. The molecule has 6 aromatic rings. The van der Waals surface area contributed by atoms with Gasteiger partial charge in [-0.05, 0) is 47.9 Å². The Hall–Kier alpha value is -4.25. The minimum absolute atomic E-state index is 0.703. The van der Waals surface area contributed by atoms with Gasteiger partial charge in [-0.1, -0.05) is 30.3 Å². The topological polar surface area (TPSA) is 64.5 Å². The van der Waals surface area contributed by atoms with Crippen molar-refractivity contribution in [3.63, 3.8) is 0 Å². The highest BCUT2D eigenvalue weighted by molar-refractivity contribution is 5.87. The monoisotopic (exact) mass is 385 g/mol. The van der Waals surface area contributed by atoms with Crippen LogP contribution in [0.25, 0.3) is 55.5 Å². The summed E-state index contributed by atoms with van der Waals surface area (Å²) in [5, 5.41) is 3.30. The molecule has 0 bridgehead atoms. The Morgan fingerprint density at radius 3 is 2.37 bits per heavy atom. The van der Waals surface area contributed by atoms with Crippen LogP contribution in [0, 0.1) is 0 Å². The number of fused-ring (bicyclic) bond motifs is 3. The number of hydrogen-bond donors (Lipinski definition) is 0. The molecular formula is C25H15N5. The van der Waals surface area contributed by atoms with Crippen molar-refractivity contribution < 1.29 is 0 Å². The lowest BCUT2D eigenvalue weighted by atomic mass is 10.1. The van der Waals surface area contributed by atoms with Gasteiger partial charge in [-0.2, -0.15) is 0 Å². The van der Waals surface area contributed by atoms with E-state index in [2.05, 4.69) is 38.1 Å². The molecular weight excluding hydrogens is 370 g/mol. The van der Waals surface area contributed by atoms with Crippen LogP contribution in [0.2, 0.25) is 0 Å². The van der Waals surface area contributed by atoms with Crippen LogP contribution in [-0.4, -0.2) is 24.9 Å². The Balaban J connectivity index is 1.41. The van der Waals surface area contributed by atoms with E-state index < -0.39 is 0 Å². The minimum atomic E-state index is 0.703. The average Bonchev–Trinajstić information content (AvgIpc) is 2.83. The summed E-state index contributed by atoms with van der Waals surface area (Å²) in [5.74, 6) is 0. The van der Waals surface area contributed by atoms with Crippen LogP contribution in [0.15, 0.2) is 91.4 Å². The molecule has 140 valence electrons. The van der Waals surface area contributed by atoms with Crippen molar-refractivity contribution in [2.45, 2.75) is 0 Å². The molecule has 0 aliphatic carbocycles. The smallest absolute Gasteiger partial charge is 0.159 e. The summed E-state index contributed by atoms with van der Waals surface area (Å²) in [6.45, 7) is 0. The Labute approximate surface area is 172 Å². The molecule has 30 heavy (non-hydrogen) atoms. The van der Waals surface area contributed by atoms with E-state index in [-0.39, 0.29) is 0 Å². The van der Waals surface area contributed by atoms with Crippen molar-refractivity contribution in [2.75, 3.05) is 0 Å². The third kappa shape index (κ3) is 2.84. The summed E-state index contributed by atoms with van der Waals surface area (Å²) in [7, 11) is 0. The number of aromatic nitrogens is 5. The Kier molecular flexibility index (Phi) is 3.71. The maximum atomic E-state index is 4.76. The van der Waals surface area contributed by atoms with Crippen LogP contribution >= 0.6 is 0 Å². The first-order valence-corrected chi connectivity index (χ1v) is 9.68. The van der Waals surface area contributed by atoms with E-state index in [1.165, 1.54) is 5.39 Å². The van der Waals surface area contributed by atoms with Gasteiger partial charge in [-0.15, -0.1) is 0 Å². The number of rotatable bonds is 2. The van der Waals surface area contributed by atoms with Crippen LogP contribution in [0.1, 0.15) is 0 Å². The minimum Gasteiger partial charge on any atom is -0.256 e. The molecule has 0 N–H and O–H groups in total. The molecule has 0 saturated heterocycles. The van der Waals surface area contributed by atoms with E-state index in [0.29, 0.717) is 5.65 Å². The Bertz CT molecular complexity index is 1440. The molecule has 5 nitrogen and oxygen atoms in total. The lowest BCUT2D eigenvalue weighted by Crippen LogP contribution is -1.93. The maximum absolute atomic E-state index is 4.76. The first-order valence-electron chi connectivity index (χ1n) is 9.68. The van der Waals surface area contributed by atoms with Gasteiger partial charge in [-0.25, -0.2) is 15.0 Å². The van der Waals surface area contributed by atoms with E-state index in [4.69, 9.17) is 4.98 Å². The molecule has 0 radical (unpaired) electrons. The SMILES string of the molecule is c1ccc2cc(-c3ccc4nc(-c5ccc6cccnc6n5)cnc4c3)ncc2c1. The summed E-state index contributed by atoms with van der Waals surface area (Å²) < 4.78 is 0. The molecule has 0 fully saturated rings. The lowest BCUT2D eigenvalue weighted by Gasteiger charge is -2.06. The molecule has 0 unspecified atom stereocenters. The van der Waals surface area contributed by atoms with Gasteiger partial charge in [0.2, 0.25) is 0 Å². The number of hydrogen-bond acceptors (Lipinski definition) is 5. The Morgan fingerprint density at radius 2 is 1.40 bits per heavy atom. The zero-order valence-corrected chi connectivity index (χ0v) is 15.9. The average molecular weight is 385 g/mol. The third-order valence-corrected chi connectivity index (χ3v) is 5.20. The van der Waals surface area contributed by atoms with E-state index in [9.17, 15) is 0 Å². The summed E-state index contributed by atoms with van der Waals surface area (Å²) in [5.41, 5.74) is 5.77. The van der Waals surface area contributed by atoms with E-state index in [0.717, 1.165) is 44.5 Å². The zero-order valence-electron chi connectivity index (χ0n) is 15.9. The van der Waals surface area contributed by atoms with Gasteiger partial charge in [0.1, 0.15) is 5.69 Å². The van der Waals surface area contributed by atoms with E-state index >= 15 is 0 Å². The fourth-order valence-electron chi connectivity index (χ4n) is 3.63. The summed E-state index contributed by atoms with van der Waals surface area (Å²) in [6.07, 6.45) is 5.41. The molecule has 0 amide bonds. The van der Waals surface area contributed by atoms with E-state index in [1.807, 2.05) is 60.8 Å². The summed E-state index contributed by atoms with van der Waals surface area (Å²) in [6, 6.07) is 24.2. The predicted octanol–water partition coefficient (Wildman–Crippen LogP) is 5.46. The summed E-state index contributed by atoms with van der Waals surface area (Å²) in [4.78, 5) is 23.0. The molecule has 0 saturated carbocycles. The van der Waals surface area contributed by atoms with E-state index in [1.54, 1.807) is 12.4 Å². The van der Waals surface area contributed by atoms with Crippen molar-refractivity contribution in [1.82, 2.24) is 24.9 Å². The second-order valence-corrected chi connectivity index (χ2v) is 7.12. The second-order valence-electron chi connectivity index (χ2n) is 7.12. The van der Waals surface area contributed by atoms with Crippen LogP contribution in [-0.2, 0) is 0 Å². The van der Waals surface area contributed by atoms with Crippen molar-refractivity contribution in [2.24, 2.45) is 0 Å². The van der Waals surface area contributed by atoms with Crippen molar-refractivity contribution in [3.05, 3.63) is 91.4 Å². The molecule has 5 heteroatoms. The molecule has 6 rings (SSSR count). The van der Waals surface area contributed by atoms with Crippen LogP contribution in [0.3, 0.4) is 0 Å². The van der Waals surface area contributed by atoms with Crippen LogP contribution in [0.5, 0.6) is 0 Å². The largest absolute Gasteiger partial charge is 0.256 e. The van der Waals surface area contributed by atoms with Gasteiger partial charge in [0.15, 0.2) is 5.65 Å². The van der Waals surface area contributed by atoms with Gasteiger partial charge < -0.3 is 0 Å². The van der Waals surface area contributed by atoms with Crippen LogP contribution in [0.4, 0.5) is 0 Å². The Morgan fingerprint density at radius 1 is 0.500 bits per heavy atom. The maximum Gasteiger partial charge on any atom is 0.159 e. The first-order chi connectivity index (χ1) is 14.8. The molecule has 0 aliphatic rings. The standard InChI is InChI=1S/C25H15N5/c1-2-5-19-14-27-22(12-17(19)4-1)18-8-10-20-23(13-18)28-15-24(29-20)21-9-7-16-6-3-11-26-25(16)30-21/h1-15H. The van der Waals surface area contributed by atoms with Crippen molar-refractivity contribution in [3.8, 4) is 22.6 Å². The molecule has 4 aromatic heterocycles. The predicted molar refractivity (Wildman–Crippen MR) is 119 cm³/mol. The lowest BCUT2D eigenvalue weighted by molar-refractivity contribution is 1.23. The van der Waals surface area contributed by atoms with Gasteiger partial charge in [0.25, 0.3) is 0 Å². The van der Waals surface area contributed by atoms with Gasteiger partial charge in [-0.3, -0.25) is 9.97 Å². The third-order valence-electron chi connectivity index (χ3n) is 5.20. The van der Waals surface area contributed by atoms with Gasteiger partial charge >= 0.3 is 0 Å². The highest BCUT2D eigenvalue weighted by Crippen LogP contribution is 2.26. The molecule has 0 aliphatic heterocycles. The summed E-state index contributed by atoms with van der Waals surface area (Å²) >= 11 is 0. The first kappa shape index (κ1) is 16.7. The number of pyridine rings is 3. The number of benzene rings is 2. The van der Waals surface area contributed by atoms with Crippen molar-refractivity contribution >= 4 is 32.8 Å². The fraction of sp³-hybridized carbons (Fsp3) is 0. The van der Waals surface area contributed by atoms with Crippen molar-refractivity contribution in [1.29, 1.82) is 0 Å².